The number of hydrogen-bond donors (Lipinski definition) is 1. The fourth-order valence-corrected chi connectivity index (χ4v) is 2.02. The highest BCUT2D eigenvalue weighted by atomic mass is 35.5. The van der Waals surface area contributed by atoms with Crippen LogP contribution in [-0.4, -0.2) is 23.6 Å². The van der Waals surface area contributed by atoms with Crippen LogP contribution < -0.4 is 10.2 Å². The summed E-state index contributed by atoms with van der Waals surface area (Å²) in [4.78, 5) is 10.6. The highest BCUT2D eigenvalue weighted by molar-refractivity contribution is 6.33. The summed E-state index contributed by atoms with van der Waals surface area (Å²) < 4.78 is 0. The number of nitrogens with zero attached hydrogens (tertiary/aromatic N) is 3. The molecule has 0 aliphatic rings. The predicted molar refractivity (Wildman–Crippen MR) is 85.1 cm³/mol. The van der Waals surface area contributed by atoms with Gasteiger partial charge in [-0.25, -0.2) is 4.98 Å². The van der Waals surface area contributed by atoms with Crippen molar-refractivity contribution < 1.29 is 0 Å². The summed E-state index contributed by atoms with van der Waals surface area (Å²) in [5.41, 5.74) is 2.26. The Morgan fingerprint density at radius 1 is 1.25 bits per heavy atom. The van der Waals surface area contributed by atoms with E-state index in [9.17, 15) is 0 Å². The molecule has 0 saturated carbocycles. The molecule has 0 saturated heterocycles. The van der Waals surface area contributed by atoms with E-state index in [1.54, 1.807) is 6.20 Å². The molecule has 0 fully saturated rings. The number of halogens is 1. The predicted octanol–water partition coefficient (Wildman–Crippen LogP) is 4.03. The molecule has 106 valence electrons. The molecule has 0 amide bonds. The summed E-state index contributed by atoms with van der Waals surface area (Å²) in [5.74, 6) is 1.30. The molecule has 5 heteroatoms. The fourth-order valence-electron chi connectivity index (χ4n) is 1.81. The minimum Gasteiger partial charge on any atom is -0.354 e. The van der Waals surface area contributed by atoms with Gasteiger partial charge in [0, 0.05) is 19.3 Å². The van der Waals surface area contributed by atoms with Crippen molar-refractivity contribution >= 4 is 29.1 Å². The molecular formula is C15H19ClN4. The molecule has 0 atom stereocenters. The molecule has 0 radical (unpaired) electrons. The Kier molecular flexibility index (Phi) is 4.79. The summed E-state index contributed by atoms with van der Waals surface area (Å²) >= 11 is 6.21. The number of rotatable bonds is 5. The van der Waals surface area contributed by atoms with Crippen molar-refractivity contribution in [1.29, 1.82) is 0 Å². The van der Waals surface area contributed by atoms with Crippen molar-refractivity contribution in [2.75, 3.05) is 23.8 Å². The number of nitrogens with one attached hydrogen (secondary N) is 1. The van der Waals surface area contributed by atoms with Gasteiger partial charge in [-0.3, -0.25) is 0 Å². The Morgan fingerprint density at radius 2 is 1.95 bits per heavy atom. The summed E-state index contributed by atoms with van der Waals surface area (Å²) in [6, 6.07) is 8.23. The van der Waals surface area contributed by atoms with Gasteiger partial charge in [-0.05, 0) is 25.5 Å². The van der Waals surface area contributed by atoms with E-state index in [1.165, 1.54) is 5.56 Å². The average molecular weight is 291 g/mol. The van der Waals surface area contributed by atoms with Gasteiger partial charge in [0.2, 0.25) is 5.95 Å². The van der Waals surface area contributed by atoms with Crippen LogP contribution in [0.15, 0.2) is 30.5 Å². The molecule has 4 nitrogen and oxygen atoms in total. The Bertz CT molecular complexity index is 569. The molecule has 0 aliphatic carbocycles. The van der Waals surface area contributed by atoms with Crippen molar-refractivity contribution in [2.24, 2.45) is 0 Å². The lowest BCUT2D eigenvalue weighted by atomic mass is 10.2. The molecular weight excluding hydrogens is 272 g/mol. The first-order chi connectivity index (χ1) is 9.61. The van der Waals surface area contributed by atoms with Gasteiger partial charge in [-0.2, -0.15) is 4.98 Å². The molecule has 1 heterocycles. The normalized spacial score (nSPS) is 10.4. The fraction of sp³-hybridized carbons (Fsp3) is 0.333. The minimum absolute atomic E-state index is 0.537. The van der Waals surface area contributed by atoms with E-state index in [0.717, 1.165) is 18.7 Å². The van der Waals surface area contributed by atoms with Crippen LogP contribution in [0.2, 0.25) is 5.02 Å². The molecule has 0 spiro atoms. The highest BCUT2D eigenvalue weighted by Crippen LogP contribution is 2.28. The van der Waals surface area contributed by atoms with E-state index >= 15 is 0 Å². The van der Waals surface area contributed by atoms with Crippen LogP contribution in [0.3, 0.4) is 0 Å². The number of anilines is 3. The van der Waals surface area contributed by atoms with Crippen LogP contribution in [0.4, 0.5) is 17.5 Å². The Morgan fingerprint density at radius 3 is 2.60 bits per heavy atom. The summed E-state index contributed by atoms with van der Waals surface area (Å²) in [6.45, 7) is 5.01. The zero-order chi connectivity index (χ0) is 14.5. The van der Waals surface area contributed by atoms with Crippen LogP contribution in [0.25, 0.3) is 0 Å². The van der Waals surface area contributed by atoms with Gasteiger partial charge in [-0.1, -0.05) is 36.2 Å². The molecule has 2 aromatic rings. The van der Waals surface area contributed by atoms with Crippen molar-refractivity contribution in [2.45, 2.75) is 20.3 Å². The van der Waals surface area contributed by atoms with Crippen molar-refractivity contribution in [3.63, 3.8) is 0 Å². The second-order valence-electron chi connectivity index (χ2n) is 4.69. The maximum atomic E-state index is 6.21. The van der Waals surface area contributed by atoms with Gasteiger partial charge in [0.1, 0.15) is 5.02 Å². The molecule has 1 aromatic heterocycles. The number of aryl methyl sites for hydroxylation is 1. The first kappa shape index (κ1) is 14.6. The maximum Gasteiger partial charge on any atom is 0.224 e. The van der Waals surface area contributed by atoms with Crippen LogP contribution in [0, 0.1) is 6.92 Å². The first-order valence-electron chi connectivity index (χ1n) is 6.68. The van der Waals surface area contributed by atoms with Gasteiger partial charge in [-0.15, -0.1) is 0 Å². The molecule has 0 unspecified atom stereocenters. The molecule has 0 bridgehead atoms. The highest BCUT2D eigenvalue weighted by Gasteiger charge is 2.11. The Balaban J connectivity index is 2.28. The van der Waals surface area contributed by atoms with Crippen molar-refractivity contribution in [3.05, 3.63) is 41.0 Å². The average Bonchev–Trinajstić information content (AvgIpc) is 2.46. The monoisotopic (exact) mass is 290 g/mol. The van der Waals surface area contributed by atoms with Crippen LogP contribution in [0.1, 0.15) is 18.9 Å². The molecule has 0 aliphatic heterocycles. The van der Waals surface area contributed by atoms with Gasteiger partial charge in [0.05, 0.1) is 6.20 Å². The van der Waals surface area contributed by atoms with Crippen LogP contribution >= 0.6 is 11.6 Å². The third kappa shape index (κ3) is 3.39. The quantitative estimate of drug-likeness (QED) is 0.903. The standard InChI is InChI=1S/C15H19ClN4/c1-4-9-17-15-18-10-13(16)14(19-15)20(3)12-7-5-11(2)6-8-12/h5-8,10H,4,9H2,1-3H3,(H,17,18,19). The third-order valence-corrected chi connectivity index (χ3v) is 3.26. The minimum atomic E-state index is 0.537. The zero-order valence-electron chi connectivity index (χ0n) is 12.0. The molecule has 2 rings (SSSR count). The lowest BCUT2D eigenvalue weighted by Crippen LogP contribution is -2.14. The molecule has 1 N–H and O–H groups in total. The first-order valence-corrected chi connectivity index (χ1v) is 7.06. The Hall–Kier alpha value is -1.81. The summed E-state index contributed by atoms with van der Waals surface area (Å²) in [5, 5.41) is 3.71. The van der Waals surface area contributed by atoms with Gasteiger partial charge in [0.15, 0.2) is 5.82 Å². The van der Waals surface area contributed by atoms with Crippen molar-refractivity contribution in [1.82, 2.24) is 9.97 Å². The van der Waals surface area contributed by atoms with Gasteiger partial charge < -0.3 is 10.2 Å². The van der Waals surface area contributed by atoms with Crippen molar-refractivity contribution in [3.8, 4) is 0 Å². The zero-order valence-corrected chi connectivity index (χ0v) is 12.8. The second-order valence-corrected chi connectivity index (χ2v) is 5.09. The third-order valence-electron chi connectivity index (χ3n) is 3.00. The molecule has 1 aromatic carbocycles. The summed E-state index contributed by atoms with van der Waals surface area (Å²) in [6.07, 6.45) is 2.65. The smallest absolute Gasteiger partial charge is 0.224 e. The van der Waals surface area contributed by atoms with E-state index in [0.29, 0.717) is 16.8 Å². The van der Waals surface area contributed by atoms with Gasteiger partial charge >= 0.3 is 0 Å². The van der Waals surface area contributed by atoms with E-state index in [2.05, 4.69) is 41.3 Å². The lowest BCUT2D eigenvalue weighted by Gasteiger charge is -2.20. The lowest BCUT2D eigenvalue weighted by molar-refractivity contribution is 0.948. The number of benzene rings is 1. The van der Waals surface area contributed by atoms with E-state index in [4.69, 9.17) is 11.6 Å². The topological polar surface area (TPSA) is 41.1 Å². The second kappa shape index (κ2) is 6.57. The largest absolute Gasteiger partial charge is 0.354 e. The number of hydrogen-bond acceptors (Lipinski definition) is 4. The number of aromatic nitrogens is 2. The molecule has 20 heavy (non-hydrogen) atoms. The Labute approximate surface area is 124 Å². The van der Waals surface area contributed by atoms with E-state index < -0.39 is 0 Å². The summed E-state index contributed by atoms with van der Waals surface area (Å²) in [7, 11) is 1.95. The SMILES string of the molecule is CCCNc1ncc(Cl)c(N(C)c2ccc(C)cc2)n1. The maximum absolute atomic E-state index is 6.21. The van der Waals surface area contributed by atoms with E-state index in [-0.39, 0.29) is 0 Å². The van der Waals surface area contributed by atoms with Gasteiger partial charge in [0.25, 0.3) is 0 Å². The van der Waals surface area contributed by atoms with E-state index in [1.807, 2.05) is 24.1 Å². The van der Waals surface area contributed by atoms with Crippen LogP contribution in [-0.2, 0) is 0 Å². The van der Waals surface area contributed by atoms with Crippen LogP contribution in [0.5, 0.6) is 0 Å².